The summed E-state index contributed by atoms with van der Waals surface area (Å²) in [5, 5.41) is 9.39. The van der Waals surface area contributed by atoms with E-state index in [9.17, 15) is 14.3 Å². The molecule has 0 bridgehead atoms. The van der Waals surface area contributed by atoms with Crippen molar-refractivity contribution in [2.24, 2.45) is 0 Å². The molecule has 1 heterocycles. The second-order valence-corrected chi connectivity index (χ2v) is 5.21. The molecule has 0 saturated carbocycles. The Morgan fingerprint density at radius 1 is 1.29 bits per heavy atom. The summed E-state index contributed by atoms with van der Waals surface area (Å²) in [6, 6.07) is 10.6. The van der Waals surface area contributed by atoms with Gasteiger partial charge in [-0.3, -0.25) is 0 Å². The zero-order valence-corrected chi connectivity index (χ0v) is 11.5. The molecule has 2 aromatic rings. The van der Waals surface area contributed by atoms with Gasteiger partial charge in [-0.05, 0) is 37.1 Å². The number of hydrogen-bond donors (Lipinski definition) is 2. The third-order valence-electron chi connectivity index (χ3n) is 3.85. The van der Waals surface area contributed by atoms with Crippen LogP contribution in [-0.2, 0) is 6.42 Å². The highest BCUT2D eigenvalue weighted by molar-refractivity contribution is 6.01. The van der Waals surface area contributed by atoms with Gasteiger partial charge in [0.05, 0.1) is 11.4 Å². The molecule has 0 fully saturated rings. The zero-order valence-electron chi connectivity index (χ0n) is 11.5. The molecule has 3 N–H and O–H groups in total. The third-order valence-corrected chi connectivity index (χ3v) is 3.85. The molecule has 108 valence electrons. The largest absolute Gasteiger partial charge is 0.478 e. The molecular formula is C16H15FN2O2. The average molecular weight is 286 g/mol. The van der Waals surface area contributed by atoms with Gasteiger partial charge >= 0.3 is 5.97 Å². The molecule has 0 amide bonds. The van der Waals surface area contributed by atoms with Gasteiger partial charge in [0, 0.05) is 11.7 Å². The first-order chi connectivity index (χ1) is 10.0. The predicted octanol–water partition coefficient (Wildman–Crippen LogP) is 3.19. The summed E-state index contributed by atoms with van der Waals surface area (Å²) in [7, 11) is 0. The maximum Gasteiger partial charge on any atom is 0.340 e. The number of nitrogens with two attached hydrogens (primary N) is 1. The van der Waals surface area contributed by atoms with E-state index in [4.69, 9.17) is 5.73 Å². The second kappa shape index (κ2) is 4.77. The Kier molecular flexibility index (Phi) is 3.05. The lowest BCUT2D eigenvalue weighted by Gasteiger charge is -2.27. The molecule has 0 aromatic heterocycles. The van der Waals surface area contributed by atoms with Crippen LogP contribution in [0.25, 0.3) is 0 Å². The number of fused-ring (bicyclic) bond motifs is 1. The van der Waals surface area contributed by atoms with Crippen molar-refractivity contribution in [3.8, 4) is 0 Å². The summed E-state index contributed by atoms with van der Waals surface area (Å²) in [5.74, 6) is -1.94. The minimum absolute atomic E-state index is 0.0883. The molecule has 0 spiro atoms. The molecule has 2 aromatic carbocycles. The summed E-state index contributed by atoms with van der Waals surface area (Å²) in [4.78, 5) is 13.4. The van der Waals surface area contributed by atoms with E-state index in [-0.39, 0.29) is 17.3 Å². The van der Waals surface area contributed by atoms with E-state index in [1.165, 1.54) is 12.1 Å². The van der Waals surface area contributed by atoms with Crippen LogP contribution in [0.4, 0.5) is 21.5 Å². The SMILES string of the molecule is CC1Cc2ccccc2N1c1ccc(F)c(N)c1C(=O)O. The quantitative estimate of drug-likeness (QED) is 0.832. The number of halogens is 1. The fourth-order valence-corrected chi connectivity index (χ4v) is 2.94. The van der Waals surface area contributed by atoms with Gasteiger partial charge in [0.25, 0.3) is 0 Å². The van der Waals surface area contributed by atoms with Gasteiger partial charge < -0.3 is 15.7 Å². The maximum absolute atomic E-state index is 13.6. The van der Waals surface area contributed by atoms with Gasteiger partial charge in [0.1, 0.15) is 11.4 Å². The summed E-state index contributed by atoms with van der Waals surface area (Å²) >= 11 is 0. The Morgan fingerprint density at radius 3 is 2.71 bits per heavy atom. The van der Waals surface area contributed by atoms with E-state index in [0.29, 0.717) is 5.69 Å². The Hall–Kier alpha value is -2.56. The van der Waals surface area contributed by atoms with Crippen LogP contribution in [0.5, 0.6) is 0 Å². The monoisotopic (exact) mass is 286 g/mol. The molecule has 1 aliphatic heterocycles. The van der Waals surface area contributed by atoms with E-state index in [0.717, 1.165) is 17.7 Å². The topological polar surface area (TPSA) is 66.6 Å². The van der Waals surface area contributed by atoms with Gasteiger partial charge in [-0.1, -0.05) is 18.2 Å². The molecular weight excluding hydrogens is 271 g/mol. The van der Waals surface area contributed by atoms with Crippen molar-refractivity contribution in [3.05, 3.63) is 53.3 Å². The minimum atomic E-state index is -1.22. The number of carboxylic acids is 1. The maximum atomic E-state index is 13.6. The van der Waals surface area contributed by atoms with Crippen molar-refractivity contribution < 1.29 is 14.3 Å². The van der Waals surface area contributed by atoms with Crippen LogP contribution in [0.15, 0.2) is 36.4 Å². The highest BCUT2D eigenvalue weighted by Gasteiger charge is 2.31. The van der Waals surface area contributed by atoms with Crippen molar-refractivity contribution in [3.63, 3.8) is 0 Å². The van der Waals surface area contributed by atoms with Gasteiger partial charge in [-0.2, -0.15) is 0 Å². The standard InChI is InChI=1S/C16H15FN2O2/c1-9-8-10-4-2-3-5-12(10)19(9)13-7-6-11(17)15(18)14(13)16(20)21/h2-7,9H,8,18H2,1H3,(H,20,21). The van der Waals surface area contributed by atoms with E-state index in [2.05, 4.69) is 0 Å². The van der Waals surface area contributed by atoms with Gasteiger partial charge in [-0.15, -0.1) is 0 Å². The van der Waals surface area contributed by atoms with Crippen LogP contribution >= 0.6 is 0 Å². The van der Waals surface area contributed by atoms with E-state index in [1.54, 1.807) is 0 Å². The first kappa shape index (κ1) is 13.4. The fourth-order valence-electron chi connectivity index (χ4n) is 2.94. The fraction of sp³-hybridized carbons (Fsp3) is 0.188. The summed E-state index contributed by atoms with van der Waals surface area (Å²) in [6.45, 7) is 2.01. The number of aromatic carboxylic acids is 1. The molecule has 4 nitrogen and oxygen atoms in total. The van der Waals surface area contributed by atoms with E-state index in [1.807, 2.05) is 36.1 Å². The lowest BCUT2D eigenvalue weighted by Crippen LogP contribution is -2.26. The number of para-hydroxylation sites is 1. The Labute approximate surface area is 121 Å². The van der Waals surface area contributed by atoms with Crippen LogP contribution in [0.2, 0.25) is 0 Å². The van der Waals surface area contributed by atoms with Gasteiger partial charge in [-0.25, -0.2) is 9.18 Å². The zero-order chi connectivity index (χ0) is 15.1. The molecule has 5 heteroatoms. The number of hydrogen-bond acceptors (Lipinski definition) is 3. The first-order valence-electron chi connectivity index (χ1n) is 6.69. The smallest absolute Gasteiger partial charge is 0.340 e. The highest BCUT2D eigenvalue weighted by atomic mass is 19.1. The lowest BCUT2D eigenvalue weighted by molar-refractivity contribution is 0.0698. The van der Waals surface area contributed by atoms with E-state index < -0.39 is 11.8 Å². The van der Waals surface area contributed by atoms with Crippen molar-refractivity contribution in [2.45, 2.75) is 19.4 Å². The van der Waals surface area contributed by atoms with Crippen molar-refractivity contribution >= 4 is 23.0 Å². The number of anilines is 3. The first-order valence-corrected chi connectivity index (χ1v) is 6.69. The van der Waals surface area contributed by atoms with Crippen LogP contribution in [-0.4, -0.2) is 17.1 Å². The summed E-state index contributed by atoms with van der Waals surface area (Å²) in [6.07, 6.45) is 0.812. The van der Waals surface area contributed by atoms with Crippen molar-refractivity contribution in [1.82, 2.24) is 0 Å². The van der Waals surface area contributed by atoms with Crippen LogP contribution in [0.3, 0.4) is 0 Å². The second-order valence-electron chi connectivity index (χ2n) is 5.21. The molecule has 0 saturated heterocycles. The number of benzene rings is 2. The number of carboxylic acid groups (broad SMARTS) is 1. The third kappa shape index (κ3) is 2.01. The average Bonchev–Trinajstić information content (AvgIpc) is 2.77. The number of rotatable bonds is 2. The molecule has 1 atom stereocenters. The van der Waals surface area contributed by atoms with Gasteiger partial charge in [0.15, 0.2) is 0 Å². The molecule has 0 aliphatic carbocycles. The Bertz CT molecular complexity index is 730. The molecule has 21 heavy (non-hydrogen) atoms. The number of nitrogens with zero attached hydrogens (tertiary/aromatic N) is 1. The molecule has 1 unspecified atom stereocenters. The Morgan fingerprint density at radius 2 is 2.00 bits per heavy atom. The molecule has 3 rings (SSSR count). The highest BCUT2D eigenvalue weighted by Crippen LogP contribution is 2.41. The van der Waals surface area contributed by atoms with Crippen LogP contribution < -0.4 is 10.6 Å². The van der Waals surface area contributed by atoms with Crippen LogP contribution in [0.1, 0.15) is 22.8 Å². The summed E-state index contributed by atoms with van der Waals surface area (Å²) in [5.41, 5.74) is 7.65. The van der Waals surface area contributed by atoms with Gasteiger partial charge in [0.2, 0.25) is 0 Å². The predicted molar refractivity (Wildman–Crippen MR) is 79.5 cm³/mol. The normalized spacial score (nSPS) is 16.9. The number of carbonyl (C=O) groups is 1. The van der Waals surface area contributed by atoms with E-state index >= 15 is 0 Å². The van der Waals surface area contributed by atoms with Crippen LogP contribution in [0, 0.1) is 5.82 Å². The lowest BCUT2D eigenvalue weighted by atomic mass is 10.1. The summed E-state index contributed by atoms with van der Waals surface area (Å²) < 4.78 is 13.6. The van der Waals surface area contributed by atoms with Crippen molar-refractivity contribution in [1.29, 1.82) is 0 Å². The molecule has 0 radical (unpaired) electrons. The number of nitrogen functional groups attached to an aromatic ring is 1. The molecule has 1 aliphatic rings. The Balaban J connectivity index is 2.22. The van der Waals surface area contributed by atoms with Crippen molar-refractivity contribution in [2.75, 3.05) is 10.6 Å². The minimum Gasteiger partial charge on any atom is -0.478 e.